The molecule has 0 radical (unpaired) electrons. The first kappa shape index (κ1) is 22.7. The molecule has 0 amide bonds. The van der Waals surface area contributed by atoms with Crippen LogP contribution in [-0.2, 0) is 24.1 Å². The van der Waals surface area contributed by atoms with Gasteiger partial charge in [0, 0.05) is 20.6 Å². The minimum Gasteiger partial charge on any atom is -0.493 e. The van der Waals surface area contributed by atoms with Crippen molar-refractivity contribution >= 4 is 26.8 Å². The Morgan fingerprint density at radius 3 is 2.39 bits per heavy atom. The zero-order valence-electron chi connectivity index (χ0n) is 17.8. The molecule has 0 saturated heterocycles. The van der Waals surface area contributed by atoms with Crippen LogP contribution < -0.4 is 10.4 Å². The Bertz CT molecular complexity index is 1310. The number of likely N-dealkylation sites (N-methyl/N-ethyl adjacent to an activating group) is 1. The van der Waals surface area contributed by atoms with Crippen LogP contribution in [0.5, 0.6) is 5.75 Å². The number of halogens is 1. The van der Waals surface area contributed by atoms with Crippen LogP contribution in [0.3, 0.4) is 0 Å². The predicted octanol–water partition coefficient (Wildman–Crippen LogP) is 2.31. The third-order valence-corrected chi connectivity index (χ3v) is 7.01. The summed E-state index contributed by atoms with van der Waals surface area (Å²) in [4.78, 5) is 24.9. The van der Waals surface area contributed by atoms with E-state index in [-0.39, 0.29) is 35.0 Å². The predicted molar refractivity (Wildman–Crippen MR) is 114 cm³/mol. The molecular weight excluding hydrogens is 425 g/mol. The van der Waals surface area contributed by atoms with Crippen molar-refractivity contribution in [1.29, 1.82) is 0 Å². The molecule has 1 heterocycles. The number of benzene rings is 2. The first-order chi connectivity index (χ1) is 14.6. The molecule has 3 rings (SSSR count). The number of hydrogen-bond acceptors (Lipinski definition) is 5. The normalized spacial score (nSPS) is 11.9. The third kappa shape index (κ3) is 4.13. The molecule has 0 saturated carbocycles. The van der Waals surface area contributed by atoms with E-state index < -0.39 is 28.2 Å². The number of hydrogen-bond donors (Lipinski definition) is 0. The molecule has 1 aromatic heterocycles. The highest BCUT2D eigenvalue weighted by atomic mass is 32.2. The zero-order chi connectivity index (χ0) is 22.9. The standard InChI is InChI=1S/C21H24FN3O5S/c1-5-25(13-19(26)16-11-14(22)7-10-20(16)30-6-2)31(28,29)15-8-9-17-18(12-15)24(4)21(27)23(17)3/h7-12H,5-6,13H2,1-4H3. The van der Waals surface area contributed by atoms with E-state index in [9.17, 15) is 22.4 Å². The fourth-order valence-electron chi connectivity index (χ4n) is 3.41. The lowest BCUT2D eigenvalue weighted by atomic mass is 10.1. The molecule has 0 bridgehead atoms. The van der Waals surface area contributed by atoms with Crippen LogP contribution >= 0.6 is 0 Å². The molecule has 0 atom stereocenters. The molecule has 0 spiro atoms. The van der Waals surface area contributed by atoms with Gasteiger partial charge in [0.05, 0.1) is 34.6 Å². The summed E-state index contributed by atoms with van der Waals surface area (Å²) in [6.45, 7) is 3.16. The molecule has 0 aliphatic heterocycles. The van der Waals surface area contributed by atoms with Gasteiger partial charge >= 0.3 is 5.69 Å². The SMILES string of the molecule is CCOc1ccc(F)cc1C(=O)CN(CC)S(=O)(=O)c1ccc2c(c1)n(C)c(=O)n2C. The molecule has 0 aliphatic carbocycles. The van der Waals surface area contributed by atoms with Crippen LogP contribution in [0.4, 0.5) is 4.39 Å². The van der Waals surface area contributed by atoms with E-state index in [0.29, 0.717) is 11.0 Å². The van der Waals surface area contributed by atoms with Crippen LogP contribution in [0.15, 0.2) is 46.1 Å². The van der Waals surface area contributed by atoms with Crippen LogP contribution in [0.2, 0.25) is 0 Å². The Balaban J connectivity index is 1.98. The van der Waals surface area contributed by atoms with Crippen LogP contribution in [0, 0.1) is 5.82 Å². The van der Waals surface area contributed by atoms with Gasteiger partial charge in [-0.25, -0.2) is 17.6 Å². The lowest BCUT2D eigenvalue weighted by Gasteiger charge is -2.20. The summed E-state index contributed by atoms with van der Waals surface area (Å²) in [5.41, 5.74) is 0.754. The summed E-state index contributed by atoms with van der Waals surface area (Å²) in [6.07, 6.45) is 0. The molecule has 0 N–H and O–H groups in total. The maximum atomic E-state index is 13.7. The van der Waals surface area contributed by atoms with E-state index in [0.717, 1.165) is 10.4 Å². The third-order valence-electron chi connectivity index (χ3n) is 5.10. The first-order valence-electron chi connectivity index (χ1n) is 9.73. The second-order valence-corrected chi connectivity index (χ2v) is 8.92. The number of fused-ring (bicyclic) bond motifs is 1. The molecule has 31 heavy (non-hydrogen) atoms. The van der Waals surface area contributed by atoms with E-state index in [1.54, 1.807) is 34.0 Å². The fourth-order valence-corrected chi connectivity index (χ4v) is 4.84. The van der Waals surface area contributed by atoms with Gasteiger partial charge in [0.15, 0.2) is 5.78 Å². The number of ketones is 1. The summed E-state index contributed by atoms with van der Waals surface area (Å²) in [6, 6.07) is 7.93. The number of nitrogens with zero attached hydrogens (tertiary/aromatic N) is 3. The molecule has 10 heteroatoms. The average Bonchev–Trinajstić information content (AvgIpc) is 2.96. The van der Waals surface area contributed by atoms with Crippen molar-refractivity contribution in [3.8, 4) is 5.75 Å². The maximum Gasteiger partial charge on any atom is 0.328 e. The van der Waals surface area contributed by atoms with Crippen molar-refractivity contribution in [3.05, 3.63) is 58.3 Å². The van der Waals surface area contributed by atoms with Crippen LogP contribution in [0.1, 0.15) is 24.2 Å². The fraction of sp³-hybridized carbons (Fsp3) is 0.333. The van der Waals surface area contributed by atoms with Gasteiger partial charge in [0.2, 0.25) is 10.0 Å². The Hall–Kier alpha value is -2.98. The van der Waals surface area contributed by atoms with Crippen molar-refractivity contribution in [3.63, 3.8) is 0 Å². The number of sulfonamides is 1. The van der Waals surface area contributed by atoms with Crippen LogP contribution in [-0.4, -0.2) is 47.3 Å². The van der Waals surface area contributed by atoms with Gasteiger partial charge in [-0.3, -0.25) is 13.9 Å². The van der Waals surface area contributed by atoms with Crippen molar-refractivity contribution in [1.82, 2.24) is 13.4 Å². The molecule has 0 fully saturated rings. The van der Waals surface area contributed by atoms with Gasteiger partial charge in [0.1, 0.15) is 11.6 Å². The van der Waals surface area contributed by atoms with Gasteiger partial charge in [-0.1, -0.05) is 6.92 Å². The summed E-state index contributed by atoms with van der Waals surface area (Å²) in [5, 5.41) is 0. The molecular formula is C21H24FN3O5S. The van der Waals surface area contributed by atoms with Gasteiger partial charge in [0.25, 0.3) is 0 Å². The van der Waals surface area contributed by atoms with E-state index in [4.69, 9.17) is 4.74 Å². The number of aromatic nitrogens is 2. The quantitative estimate of drug-likeness (QED) is 0.492. The molecule has 166 valence electrons. The second kappa shape index (κ2) is 8.64. The summed E-state index contributed by atoms with van der Waals surface area (Å²) < 4.78 is 49.4. The number of aryl methyl sites for hydroxylation is 2. The lowest BCUT2D eigenvalue weighted by molar-refractivity contribution is 0.0963. The number of carbonyl (C=O) groups is 1. The molecule has 0 aliphatic rings. The minimum absolute atomic E-state index is 0.0172. The van der Waals surface area contributed by atoms with Crippen molar-refractivity contribution in [2.75, 3.05) is 19.7 Å². The smallest absolute Gasteiger partial charge is 0.328 e. The minimum atomic E-state index is -4.05. The van der Waals surface area contributed by atoms with E-state index in [1.807, 2.05) is 0 Å². The van der Waals surface area contributed by atoms with Crippen molar-refractivity contribution in [2.24, 2.45) is 14.1 Å². The summed E-state index contributed by atoms with van der Waals surface area (Å²) >= 11 is 0. The Kier molecular flexibility index (Phi) is 6.33. The highest BCUT2D eigenvalue weighted by molar-refractivity contribution is 7.89. The molecule has 2 aromatic carbocycles. The summed E-state index contributed by atoms with van der Waals surface area (Å²) in [5.74, 6) is -1.00. The number of carbonyl (C=O) groups excluding carboxylic acids is 1. The largest absolute Gasteiger partial charge is 0.493 e. The van der Waals surface area contributed by atoms with Crippen molar-refractivity contribution < 1.29 is 22.3 Å². The average molecular weight is 450 g/mol. The monoisotopic (exact) mass is 449 g/mol. The van der Waals surface area contributed by atoms with Gasteiger partial charge < -0.3 is 4.74 Å². The molecule has 8 nitrogen and oxygen atoms in total. The Morgan fingerprint density at radius 2 is 1.74 bits per heavy atom. The number of Topliss-reactive ketones (excluding diaryl/α,β-unsaturated/α-hetero) is 1. The first-order valence-corrected chi connectivity index (χ1v) is 11.2. The number of rotatable bonds is 8. The maximum absolute atomic E-state index is 13.7. The lowest BCUT2D eigenvalue weighted by Crippen LogP contribution is -2.35. The summed E-state index contributed by atoms with van der Waals surface area (Å²) in [7, 11) is -0.889. The Morgan fingerprint density at radius 1 is 1.06 bits per heavy atom. The van der Waals surface area contributed by atoms with Crippen molar-refractivity contribution in [2.45, 2.75) is 18.7 Å². The van der Waals surface area contributed by atoms with Gasteiger partial charge in [-0.2, -0.15) is 4.31 Å². The Labute approximate surface area is 179 Å². The van der Waals surface area contributed by atoms with Crippen LogP contribution in [0.25, 0.3) is 11.0 Å². The highest BCUT2D eigenvalue weighted by Gasteiger charge is 2.28. The topological polar surface area (TPSA) is 90.6 Å². The van der Waals surface area contributed by atoms with E-state index >= 15 is 0 Å². The van der Waals surface area contributed by atoms with Gasteiger partial charge in [-0.15, -0.1) is 0 Å². The molecule has 0 unspecified atom stereocenters. The van der Waals surface area contributed by atoms with E-state index in [2.05, 4.69) is 0 Å². The van der Waals surface area contributed by atoms with E-state index in [1.165, 1.54) is 33.4 Å². The van der Waals surface area contributed by atoms with Gasteiger partial charge in [-0.05, 0) is 43.3 Å². The zero-order valence-corrected chi connectivity index (χ0v) is 18.6. The number of imidazole rings is 1. The second-order valence-electron chi connectivity index (χ2n) is 6.98. The molecule has 3 aromatic rings. The highest BCUT2D eigenvalue weighted by Crippen LogP contribution is 2.24. The number of ether oxygens (including phenoxy) is 1.